The molecule has 0 unspecified atom stereocenters. The van der Waals surface area contributed by atoms with Crippen LogP contribution in [0.5, 0.6) is 0 Å². The van der Waals surface area contributed by atoms with Crippen molar-refractivity contribution in [3.8, 4) is 11.5 Å². The quantitative estimate of drug-likeness (QED) is 0.600. The molecule has 0 bridgehead atoms. The van der Waals surface area contributed by atoms with Gasteiger partial charge in [0, 0.05) is 24.1 Å². The maximum Gasteiger partial charge on any atom is 0.269 e. The molecule has 6 nitrogen and oxygen atoms in total. The van der Waals surface area contributed by atoms with Crippen molar-refractivity contribution in [3.63, 3.8) is 0 Å². The summed E-state index contributed by atoms with van der Waals surface area (Å²) in [6.45, 7) is 3.69. The van der Waals surface area contributed by atoms with Crippen molar-refractivity contribution in [3.05, 3.63) is 39.8 Å². The summed E-state index contributed by atoms with van der Waals surface area (Å²) in [4.78, 5) is 10.2. The van der Waals surface area contributed by atoms with Gasteiger partial charge in [-0.2, -0.15) is 0 Å². The first-order valence-electron chi connectivity index (χ1n) is 5.19. The number of nitro groups is 1. The fourth-order valence-corrected chi connectivity index (χ4v) is 1.51. The molecular weight excluding hydrogens is 222 g/mol. The lowest BCUT2D eigenvalue weighted by molar-refractivity contribution is -0.384. The lowest BCUT2D eigenvalue weighted by atomic mass is 10.1. The Kier molecular flexibility index (Phi) is 2.86. The van der Waals surface area contributed by atoms with Crippen molar-refractivity contribution in [2.75, 3.05) is 0 Å². The molecule has 6 heteroatoms. The second-order valence-electron chi connectivity index (χ2n) is 3.61. The molecule has 1 aromatic heterocycles. The first-order chi connectivity index (χ1) is 8.11. The van der Waals surface area contributed by atoms with Crippen molar-refractivity contribution < 1.29 is 9.34 Å². The van der Waals surface area contributed by atoms with Crippen LogP contribution in [0.1, 0.15) is 18.4 Å². The van der Waals surface area contributed by atoms with Crippen molar-refractivity contribution >= 4 is 5.69 Å². The van der Waals surface area contributed by atoms with Crippen molar-refractivity contribution in [2.24, 2.45) is 0 Å². The van der Waals surface area contributed by atoms with Gasteiger partial charge in [-0.25, -0.2) is 0 Å². The third-order valence-corrected chi connectivity index (χ3v) is 2.42. The summed E-state index contributed by atoms with van der Waals surface area (Å²) >= 11 is 0. The van der Waals surface area contributed by atoms with Crippen LogP contribution in [0.15, 0.2) is 22.6 Å². The third-order valence-electron chi connectivity index (χ3n) is 2.42. The Labute approximate surface area is 97.4 Å². The minimum Gasteiger partial charge on any atom is -0.421 e. The maximum atomic E-state index is 10.6. The van der Waals surface area contributed by atoms with Crippen LogP contribution in [0.25, 0.3) is 11.5 Å². The molecule has 1 aromatic carbocycles. The number of nitro benzene ring substituents is 1. The molecule has 0 radical (unpaired) electrons. The molecule has 0 N–H and O–H groups in total. The van der Waals surface area contributed by atoms with E-state index in [2.05, 4.69) is 10.2 Å². The van der Waals surface area contributed by atoms with Crippen LogP contribution in [0.3, 0.4) is 0 Å². The van der Waals surface area contributed by atoms with Crippen LogP contribution in [0.2, 0.25) is 0 Å². The van der Waals surface area contributed by atoms with Crippen molar-refractivity contribution in [1.82, 2.24) is 10.2 Å². The normalized spacial score (nSPS) is 10.5. The number of benzene rings is 1. The highest BCUT2D eigenvalue weighted by atomic mass is 16.6. The molecule has 0 atom stereocenters. The number of nitrogens with zero attached hydrogens (tertiary/aromatic N) is 3. The van der Waals surface area contributed by atoms with Gasteiger partial charge in [0.2, 0.25) is 11.8 Å². The number of hydrogen-bond acceptors (Lipinski definition) is 5. The molecule has 0 spiro atoms. The predicted molar refractivity (Wildman–Crippen MR) is 60.5 cm³/mol. The lowest BCUT2D eigenvalue weighted by Gasteiger charge is -2.00. The van der Waals surface area contributed by atoms with Gasteiger partial charge in [-0.15, -0.1) is 10.2 Å². The topological polar surface area (TPSA) is 82.1 Å². The van der Waals surface area contributed by atoms with Crippen LogP contribution in [0, 0.1) is 17.0 Å². The first-order valence-corrected chi connectivity index (χ1v) is 5.19. The highest BCUT2D eigenvalue weighted by Crippen LogP contribution is 2.25. The molecular formula is C11H11N3O3. The van der Waals surface area contributed by atoms with Gasteiger partial charge in [0.15, 0.2) is 0 Å². The smallest absolute Gasteiger partial charge is 0.269 e. The van der Waals surface area contributed by atoms with Gasteiger partial charge in [0.05, 0.1) is 4.92 Å². The van der Waals surface area contributed by atoms with Crippen molar-refractivity contribution in [2.45, 2.75) is 20.3 Å². The molecule has 0 saturated heterocycles. The lowest BCUT2D eigenvalue weighted by Crippen LogP contribution is -1.90. The second kappa shape index (κ2) is 4.32. The first kappa shape index (κ1) is 11.3. The second-order valence-corrected chi connectivity index (χ2v) is 3.61. The van der Waals surface area contributed by atoms with E-state index >= 15 is 0 Å². The van der Waals surface area contributed by atoms with E-state index in [4.69, 9.17) is 4.42 Å². The molecule has 0 fully saturated rings. The molecule has 88 valence electrons. The van der Waals surface area contributed by atoms with E-state index in [1.807, 2.05) is 6.92 Å². The highest BCUT2D eigenvalue weighted by molar-refractivity contribution is 5.60. The summed E-state index contributed by atoms with van der Waals surface area (Å²) < 4.78 is 5.41. The van der Waals surface area contributed by atoms with Crippen LogP contribution >= 0.6 is 0 Å². The summed E-state index contributed by atoms with van der Waals surface area (Å²) in [5.74, 6) is 0.951. The summed E-state index contributed by atoms with van der Waals surface area (Å²) in [5.41, 5.74) is 1.52. The van der Waals surface area contributed by atoms with Crippen LogP contribution < -0.4 is 0 Å². The van der Waals surface area contributed by atoms with Gasteiger partial charge in [-0.05, 0) is 18.6 Å². The summed E-state index contributed by atoms with van der Waals surface area (Å²) in [5, 5.41) is 18.4. The Morgan fingerprint density at radius 2 is 2.18 bits per heavy atom. The average molecular weight is 233 g/mol. The minimum absolute atomic E-state index is 0.0569. The Morgan fingerprint density at radius 1 is 1.41 bits per heavy atom. The molecule has 17 heavy (non-hydrogen) atoms. The molecule has 0 saturated carbocycles. The van der Waals surface area contributed by atoms with E-state index < -0.39 is 4.92 Å². The van der Waals surface area contributed by atoms with E-state index in [1.54, 1.807) is 13.0 Å². The zero-order chi connectivity index (χ0) is 12.4. The Hall–Kier alpha value is -2.24. The van der Waals surface area contributed by atoms with E-state index in [0.717, 1.165) is 11.1 Å². The summed E-state index contributed by atoms with van der Waals surface area (Å²) in [7, 11) is 0. The SMILES string of the molecule is CCc1nnc(-c2ccc([N+](=O)[O-])cc2C)o1. The summed E-state index contributed by atoms with van der Waals surface area (Å²) in [6.07, 6.45) is 0.666. The molecule has 2 aromatic rings. The fraction of sp³-hybridized carbons (Fsp3) is 0.273. The molecule has 1 heterocycles. The maximum absolute atomic E-state index is 10.6. The zero-order valence-corrected chi connectivity index (χ0v) is 9.51. The Balaban J connectivity index is 2.42. The molecule has 0 aliphatic carbocycles. The number of aromatic nitrogens is 2. The number of aryl methyl sites for hydroxylation is 2. The van der Waals surface area contributed by atoms with Gasteiger partial charge in [0.25, 0.3) is 5.69 Å². The molecule has 0 aliphatic rings. The predicted octanol–water partition coefficient (Wildman–Crippen LogP) is 2.52. The van der Waals surface area contributed by atoms with Gasteiger partial charge in [0.1, 0.15) is 0 Å². The molecule has 0 amide bonds. The average Bonchev–Trinajstić information content (AvgIpc) is 2.77. The standard InChI is InChI=1S/C11H11N3O3/c1-3-10-12-13-11(17-10)9-5-4-8(14(15)16)6-7(9)2/h4-6H,3H2,1-2H3. The fourth-order valence-electron chi connectivity index (χ4n) is 1.51. The Morgan fingerprint density at radius 3 is 2.71 bits per heavy atom. The number of hydrogen-bond donors (Lipinski definition) is 0. The number of non-ortho nitro benzene ring substituents is 1. The number of rotatable bonds is 3. The minimum atomic E-state index is -0.429. The van der Waals surface area contributed by atoms with Crippen LogP contribution in [-0.2, 0) is 6.42 Å². The van der Waals surface area contributed by atoms with Crippen LogP contribution in [-0.4, -0.2) is 15.1 Å². The zero-order valence-electron chi connectivity index (χ0n) is 9.51. The highest BCUT2D eigenvalue weighted by Gasteiger charge is 2.13. The van der Waals surface area contributed by atoms with Gasteiger partial charge >= 0.3 is 0 Å². The molecule has 0 aliphatic heterocycles. The third kappa shape index (κ3) is 2.15. The van der Waals surface area contributed by atoms with Gasteiger partial charge in [-0.3, -0.25) is 10.1 Å². The van der Waals surface area contributed by atoms with E-state index in [-0.39, 0.29) is 5.69 Å². The Bertz CT molecular complexity index is 563. The van der Waals surface area contributed by atoms with Crippen molar-refractivity contribution in [1.29, 1.82) is 0 Å². The van der Waals surface area contributed by atoms with E-state index in [1.165, 1.54) is 12.1 Å². The largest absolute Gasteiger partial charge is 0.421 e. The van der Waals surface area contributed by atoms with E-state index in [9.17, 15) is 10.1 Å². The monoisotopic (exact) mass is 233 g/mol. The van der Waals surface area contributed by atoms with Gasteiger partial charge < -0.3 is 4.42 Å². The van der Waals surface area contributed by atoms with Gasteiger partial charge in [-0.1, -0.05) is 6.92 Å². The summed E-state index contributed by atoms with van der Waals surface area (Å²) in [6, 6.07) is 4.55. The van der Waals surface area contributed by atoms with Crippen LogP contribution in [0.4, 0.5) is 5.69 Å². The molecule has 2 rings (SSSR count). The van der Waals surface area contributed by atoms with E-state index in [0.29, 0.717) is 18.2 Å².